The van der Waals surface area contributed by atoms with E-state index >= 15 is 0 Å². The summed E-state index contributed by atoms with van der Waals surface area (Å²) < 4.78 is 5.05. The predicted molar refractivity (Wildman–Crippen MR) is 73.6 cm³/mol. The van der Waals surface area contributed by atoms with E-state index in [9.17, 15) is 0 Å². The molecule has 1 atom stereocenters. The maximum Gasteiger partial charge on any atom is 0.0930 e. The minimum absolute atomic E-state index is 0.306. The molecule has 0 aliphatic heterocycles. The molecule has 0 aliphatic carbocycles. The molecule has 4 heteroatoms. The molecule has 0 saturated heterocycles. The van der Waals surface area contributed by atoms with Gasteiger partial charge in [-0.25, -0.2) is 4.98 Å². The van der Waals surface area contributed by atoms with E-state index in [1.165, 1.54) is 17.8 Å². The Balaban J connectivity index is 2.43. The smallest absolute Gasteiger partial charge is 0.0930 e. The second kappa shape index (κ2) is 7.80. The number of thiazole rings is 1. The normalized spacial score (nSPS) is 14.8. The van der Waals surface area contributed by atoms with Crippen LogP contribution in [0.4, 0.5) is 0 Å². The molecule has 17 heavy (non-hydrogen) atoms. The van der Waals surface area contributed by atoms with Crippen molar-refractivity contribution in [1.29, 1.82) is 0 Å². The molecule has 1 heterocycles. The number of hydrogen-bond acceptors (Lipinski definition) is 4. The fraction of sp³-hybridized carbons (Fsp3) is 0.769. The number of hydrogen-bond donors (Lipinski definition) is 1. The molecule has 3 nitrogen and oxygen atoms in total. The third-order valence-corrected chi connectivity index (χ3v) is 3.73. The van der Waals surface area contributed by atoms with Crippen LogP contribution in [0.5, 0.6) is 0 Å². The highest BCUT2D eigenvalue weighted by atomic mass is 32.1. The van der Waals surface area contributed by atoms with E-state index in [1.807, 2.05) is 6.20 Å². The molecule has 0 saturated carbocycles. The molecular weight excluding hydrogens is 232 g/mol. The standard InChI is InChI=1S/C13H24N2OS/c1-4-5-13(2,11-14-6-8-16-3)10-12-15-7-9-17-12/h7,9,14H,4-6,8,10-11H2,1-3H3. The molecule has 0 radical (unpaired) electrons. The number of aromatic nitrogens is 1. The first kappa shape index (κ1) is 14.6. The van der Waals surface area contributed by atoms with Crippen LogP contribution in [0.1, 0.15) is 31.7 Å². The van der Waals surface area contributed by atoms with Crippen molar-refractivity contribution in [1.82, 2.24) is 10.3 Å². The van der Waals surface area contributed by atoms with Crippen LogP contribution in [0.3, 0.4) is 0 Å². The largest absolute Gasteiger partial charge is 0.383 e. The van der Waals surface area contributed by atoms with Crippen LogP contribution in [-0.2, 0) is 11.2 Å². The van der Waals surface area contributed by atoms with Gasteiger partial charge in [0.05, 0.1) is 11.6 Å². The zero-order chi connectivity index (χ0) is 12.6. The lowest BCUT2D eigenvalue weighted by atomic mass is 9.82. The summed E-state index contributed by atoms with van der Waals surface area (Å²) in [5.41, 5.74) is 0.306. The Bertz CT molecular complexity index is 290. The zero-order valence-electron chi connectivity index (χ0n) is 11.2. The molecule has 0 fully saturated rings. The lowest BCUT2D eigenvalue weighted by Gasteiger charge is -2.29. The molecule has 0 aliphatic rings. The topological polar surface area (TPSA) is 34.1 Å². The van der Waals surface area contributed by atoms with Crippen molar-refractivity contribution >= 4 is 11.3 Å². The van der Waals surface area contributed by atoms with E-state index in [0.717, 1.165) is 26.1 Å². The SMILES string of the molecule is CCCC(C)(CNCCOC)Cc1nccs1. The highest BCUT2D eigenvalue weighted by Crippen LogP contribution is 2.28. The van der Waals surface area contributed by atoms with Gasteiger partial charge in [-0.1, -0.05) is 20.3 Å². The molecule has 0 bridgehead atoms. The number of nitrogens with one attached hydrogen (secondary N) is 1. The van der Waals surface area contributed by atoms with Gasteiger partial charge in [0.15, 0.2) is 0 Å². The van der Waals surface area contributed by atoms with Crippen LogP contribution < -0.4 is 5.32 Å². The number of rotatable bonds is 9. The van der Waals surface area contributed by atoms with E-state index in [4.69, 9.17) is 4.74 Å². The van der Waals surface area contributed by atoms with Crippen molar-refractivity contribution in [3.63, 3.8) is 0 Å². The molecule has 0 amide bonds. The first-order valence-corrected chi connectivity index (χ1v) is 7.16. The summed E-state index contributed by atoms with van der Waals surface area (Å²) in [5, 5.41) is 6.78. The highest BCUT2D eigenvalue weighted by Gasteiger charge is 2.24. The number of methoxy groups -OCH3 is 1. The van der Waals surface area contributed by atoms with Crippen LogP contribution in [0.15, 0.2) is 11.6 Å². The summed E-state index contributed by atoms with van der Waals surface area (Å²) in [6, 6.07) is 0. The lowest BCUT2D eigenvalue weighted by molar-refractivity contribution is 0.190. The van der Waals surface area contributed by atoms with Gasteiger partial charge in [-0.2, -0.15) is 0 Å². The molecule has 1 rings (SSSR count). The Kier molecular flexibility index (Phi) is 6.70. The average molecular weight is 256 g/mol. The van der Waals surface area contributed by atoms with Crippen molar-refractivity contribution in [2.45, 2.75) is 33.1 Å². The van der Waals surface area contributed by atoms with Gasteiger partial charge >= 0.3 is 0 Å². The minimum Gasteiger partial charge on any atom is -0.383 e. The molecule has 1 N–H and O–H groups in total. The lowest BCUT2D eigenvalue weighted by Crippen LogP contribution is -2.35. The fourth-order valence-corrected chi connectivity index (χ4v) is 2.94. The van der Waals surface area contributed by atoms with Crippen LogP contribution in [0.2, 0.25) is 0 Å². The van der Waals surface area contributed by atoms with Gasteiger partial charge in [0.25, 0.3) is 0 Å². The summed E-state index contributed by atoms with van der Waals surface area (Å²) >= 11 is 1.76. The van der Waals surface area contributed by atoms with Gasteiger partial charge in [-0.3, -0.25) is 0 Å². The van der Waals surface area contributed by atoms with Crippen LogP contribution in [-0.4, -0.2) is 31.8 Å². The molecule has 0 aromatic carbocycles. The van der Waals surface area contributed by atoms with Crippen molar-refractivity contribution in [3.05, 3.63) is 16.6 Å². The van der Waals surface area contributed by atoms with Gasteiger partial charge in [0, 0.05) is 38.2 Å². The molecule has 1 aromatic heterocycles. The first-order chi connectivity index (χ1) is 8.20. The Morgan fingerprint density at radius 3 is 2.94 bits per heavy atom. The quantitative estimate of drug-likeness (QED) is 0.690. The molecule has 98 valence electrons. The van der Waals surface area contributed by atoms with E-state index in [2.05, 4.69) is 29.5 Å². The van der Waals surface area contributed by atoms with Gasteiger partial charge < -0.3 is 10.1 Å². The second-order valence-corrected chi connectivity index (χ2v) is 5.81. The predicted octanol–water partition coefficient (Wildman–Crippen LogP) is 2.73. The van der Waals surface area contributed by atoms with Crippen molar-refractivity contribution in [3.8, 4) is 0 Å². The minimum atomic E-state index is 0.306. The highest BCUT2D eigenvalue weighted by molar-refractivity contribution is 7.09. The van der Waals surface area contributed by atoms with E-state index in [1.54, 1.807) is 18.4 Å². The maximum absolute atomic E-state index is 5.05. The molecule has 1 unspecified atom stereocenters. The maximum atomic E-state index is 5.05. The summed E-state index contributed by atoms with van der Waals surface area (Å²) in [5.74, 6) is 0. The summed E-state index contributed by atoms with van der Waals surface area (Å²) in [6.07, 6.45) is 5.41. The molecule has 0 spiro atoms. The monoisotopic (exact) mass is 256 g/mol. The van der Waals surface area contributed by atoms with Crippen molar-refractivity contribution in [2.24, 2.45) is 5.41 Å². The first-order valence-electron chi connectivity index (χ1n) is 6.28. The van der Waals surface area contributed by atoms with Gasteiger partial charge in [-0.15, -0.1) is 11.3 Å². The Morgan fingerprint density at radius 1 is 1.53 bits per heavy atom. The third-order valence-electron chi connectivity index (χ3n) is 2.95. The Morgan fingerprint density at radius 2 is 2.35 bits per heavy atom. The summed E-state index contributed by atoms with van der Waals surface area (Å²) in [6.45, 7) is 7.32. The zero-order valence-corrected chi connectivity index (χ0v) is 12.0. The fourth-order valence-electron chi connectivity index (χ4n) is 2.11. The van der Waals surface area contributed by atoms with Crippen LogP contribution in [0.25, 0.3) is 0 Å². The number of ether oxygens (including phenoxy) is 1. The van der Waals surface area contributed by atoms with Crippen LogP contribution in [0, 0.1) is 5.41 Å². The molecular formula is C13H24N2OS. The van der Waals surface area contributed by atoms with E-state index in [0.29, 0.717) is 5.41 Å². The number of nitrogens with zero attached hydrogens (tertiary/aromatic N) is 1. The summed E-state index contributed by atoms with van der Waals surface area (Å²) in [4.78, 5) is 4.39. The summed E-state index contributed by atoms with van der Waals surface area (Å²) in [7, 11) is 1.74. The Labute approximate surface area is 109 Å². The Hall–Kier alpha value is -0.450. The van der Waals surface area contributed by atoms with Gasteiger partial charge in [0.1, 0.15) is 0 Å². The van der Waals surface area contributed by atoms with Crippen molar-refractivity contribution < 1.29 is 4.74 Å². The third kappa shape index (κ3) is 5.61. The van der Waals surface area contributed by atoms with Crippen molar-refractivity contribution in [2.75, 3.05) is 26.8 Å². The van der Waals surface area contributed by atoms with Gasteiger partial charge in [0.2, 0.25) is 0 Å². The van der Waals surface area contributed by atoms with E-state index < -0.39 is 0 Å². The molecule has 1 aromatic rings. The average Bonchev–Trinajstić information content (AvgIpc) is 2.77. The second-order valence-electron chi connectivity index (χ2n) is 4.83. The van der Waals surface area contributed by atoms with Crippen LogP contribution >= 0.6 is 11.3 Å². The van der Waals surface area contributed by atoms with Gasteiger partial charge in [-0.05, 0) is 11.8 Å². The van der Waals surface area contributed by atoms with E-state index in [-0.39, 0.29) is 0 Å².